The molecule has 29 heavy (non-hydrogen) atoms. The van der Waals surface area contributed by atoms with Crippen LogP contribution in [0, 0.1) is 6.92 Å². The van der Waals surface area contributed by atoms with Gasteiger partial charge in [-0.2, -0.15) is 5.10 Å². The van der Waals surface area contributed by atoms with E-state index in [1.807, 2.05) is 0 Å². The lowest BCUT2D eigenvalue weighted by Gasteiger charge is -2.18. The number of hydrogen-bond acceptors (Lipinski definition) is 5. The first-order valence-corrected chi connectivity index (χ1v) is 9.07. The van der Waals surface area contributed by atoms with Gasteiger partial charge in [-0.25, -0.2) is 4.68 Å². The van der Waals surface area contributed by atoms with Gasteiger partial charge in [0.1, 0.15) is 0 Å². The van der Waals surface area contributed by atoms with Crippen LogP contribution < -0.4 is 20.1 Å². The Labute approximate surface area is 171 Å². The summed E-state index contributed by atoms with van der Waals surface area (Å²) in [6.07, 6.45) is 0. The number of hydrogen-bond donors (Lipinski definition) is 1. The van der Waals surface area contributed by atoms with E-state index in [9.17, 15) is 9.59 Å². The quantitative estimate of drug-likeness (QED) is 0.710. The van der Waals surface area contributed by atoms with E-state index in [0.717, 1.165) is 0 Å². The zero-order chi connectivity index (χ0) is 20.7. The van der Waals surface area contributed by atoms with E-state index >= 15 is 0 Å². The van der Waals surface area contributed by atoms with Crippen molar-refractivity contribution in [3.8, 4) is 17.2 Å². The fraction of sp³-hybridized carbons (Fsp3) is 0.150. The van der Waals surface area contributed by atoms with Crippen LogP contribution in [0.25, 0.3) is 5.69 Å². The van der Waals surface area contributed by atoms with Crippen LogP contribution in [-0.4, -0.2) is 35.4 Å². The van der Waals surface area contributed by atoms with Crippen LogP contribution in [0.5, 0.6) is 11.5 Å². The Kier molecular flexibility index (Phi) is 4.63. The average molecular weight is 413 g/mol. The van der Waals surface area contributed by atoms with Crippen molar-refractivity contribution >= 4 is 29.1 Å². The Morgan fingerprint density at radius 2 is 1.93 bits per heavy atom. The van der Waals surface area contributed by atoms with E-state index in [2.05, 4.69) is 5.10 Å². The summed E-state index contributed by atoms with van der Waals surface area (Å²) in [7, 11) is 1.67. The number of ether oxygens (including phenoxy) is 2. The zero-order valence-corrected chi connectivity index (χ0v) is 16.4. The molecule has 0 saturated heterocycles. The molecule has 2 amide bonds. The van der Waals surface area contributed by atoms with Crippen LogP contribution in [0.3, 0.4) is 0 Å². The minimum atomic E-state index is -0.716. The summed E-state index contributed by atoms with van der Waals surface area (Å²) in [5.41, 5.74) is 7.54. The number of rotatable bonds is 4. The Bertz CT molecular complexity index is 1140. The van der Waals surface area contributed by atoms with Gasteiger partial charge in [-0.3, -0.25) is 9.59 Å². The fourth-order valence-electron chi connectivity index (χ4n) is 3.07. The highest BCUT2D eigenvalue weighted by molar-refractivity contribution is 6.34. The number of fused-ring (bicyclic) bond motifs is 1. The van der Waals surface area contributed by atoms with Gasteiger partial charge >= 0.3 is 0 Å². The van der Waals surface area contributed by atoms with Gasteiger partial charge in [0, 0.05) is 24.4 Å². The largest absolute Gasteiger partial charge is 0.454 e. The van der Waals surface area contributed by atoms with Crippen molar-refractivity contribution in [2.45, 2.75) is 6.92 Å². The van der Waals surface area contributed by atoms with Crippen molar-refractivity contribution in [3.05, 3.63) is 64.4 Å². The van der Waals surface area contributed by atoms with Crippen LogP contribution in [0.2, 0.25) is 5.02 Å². The van der Waals surface area contributed by atoms with Crippen LogP contribution in [0.1, 0.15) is 26.5 Å². The minimum absolute atomic E-state index is 0.0154. The second kappa shape index (κ2) is 7.14. The van der Waals surface area contributed by atoms with Gasteiger partial charge in [0.25, 0.3) is 11.8 Å². The molecule has 0 saturated carbocycles. The van der Waals surface area contributed by atoms with Crippen molar-refractivity contribution in [1.29, 1.82) is 0 Å². The number of carbonyl (C=O) groups is 2. The molecule has 2 N–H and O–H groups in total. The maximum atomic E-state index is 13.0. The molecular formula is C20H17ClN4O4. The van der Waals surface area contributed by atoms with E-state index < -0.39 is 5.91 Å². The zero-order valence-electron chi connectivity index (χ0n) is 15.7. The minimum Gasteiger partial charge on any atom is -0.454 e. The Morgan fingerprint density at radius 3 is 2.66 bits per heavy atom. The molecule has 0 spiro atoms. The normalized spacial score (nSPS) is 12.1. The van der Waals surface area contributed by atoms with Gasteiger partial charge in [-0.1, -0.05) is 17.7 Å². The fourth-order valence-corrected chi connectivity index (χ4v) is 3.28. The second-order valence-corrected chi connectivity index (χ2v) is 6.85. The number of nitrogens with zero attached hydrogens (tertiary/aromatic N) is 3. The highest BCUT2D eigenvalue weighted by Gasteiger charge is 2.21. The third-order valence-electron chi connectivity index (χ3n) is 4.66. The molecule has 0 radical (unpaired) electrons. The number of carbonyl (C=O) groups excluding carboxylic acids is 2. The van der Waals surface area contributed by atoms with Crippen LogP contribution in [-0.2, 0) is 0 Å². The van der Waals surface area contributed by atoms with E-state index in [1.54, 1.807) is 56.4 Å². The van der Waals surface area contributed by atoms with Gasteiger partial charge in [0.15, 0.2) is 17.2 Å². The molecule has 0 atom stereocenters. The van der Waals surface area contributed by atoms with Crippen LogP contribution >= 0.6 is 11.6 Å². The number of nitrogens with two attached hydrogens (primary N) is 1. The molecule has 8 nitrogen and oxygen atoms in total. The van der Waals surface area contributed by atoms with Crippen molar-refractivity contribution in [3.63, 3.8) is 0 Å². The molecule has 2 aromatic carbocycles. The number of anilines is 1. The first-order valence-electron chi connectivity index (χ1n) is 8.70. The molecule has 2 heterocycles. The lowest BCUT2D eigenvalue weighted by atomic mass is 10.1. The number of amides is 2. The lowest BCUT2D eigenvalue weighted by molar-refractivity contribution is 0.0985. The van der Waals surface area contributed by atoms with Crippen molar-refractivity contribution in [1.82, 2.24) is 9.78 Å². The monoisotopic (exact) mass is 412 g/mol. The van der Waals surface area contributed by atoms with Gasteiger partial charge < -0.3 is 20.1 Å². The number of aromatic nitrogens is 2. The molecular weight excluding hydrogens is 396 g/mol. The predicted molar refractivity (Wildman–Crippen MR) is 107 cm³/mol. The molecule has 1 aliphatic heterocycles. The summed E-state index contributed by atoms with van der Waals surface area (Å²) in [5, 5.41) is 4.36. The van der Waals surface area contributed by atoms with Gasteiger partial charge in [0.05, 0.1) is 16.4 Å². The Hall–Kier alpha value is -3.52. The van der Waals surface area contributed by atoms with Crippen LogP contribution in [0.15, 0.2) is 42.5 Å². The third-order valence-corrected chi connectivity index (χ3v) is 5.11. The highest BCUT2D eigenvalue weighted by atomic mass is 35.5. The van der Waals surface area contributed by atoms with Gasteiger partial charge in [-0.15, -0.1) is 0 Å². The summed E-state index contributed by atoms with van der Waals surface area (Å²) >= 11 is 6.16. The standard InChI is InChI=1S/C20H17ClN4O4/c1-11-17(21)18(19(22)26)23-25(11)14-5-3-4-12(8-14)20(27)24(2)13-6-7-15-16(9-13)29-10-28-15/h3-9H,10H2,1-2H3,(H2,22,26). The van der Waals surface area contributed by atoms with Crippen molar-refractivity contribution in [2.24, 2.45) is 5.73 Å². The topological polar surface area (TPSA) is 99.7 Å². The SMILES string of the molecule is Cc1c(Cl)c(C(N)=O)nn1-c1cccc(C(=O)N(C)c2ccc3c(c2)OCO3)c1. The smallest absolute Gasteiger partial charge is 0.270 e. The van der Waals surface area contributed by atoms with Crippen LogP contribution in [0.4, 0.5) is 5.69 Å². The number of benzene rings is 2. The Balaban J connectivity index is 1.66. The number of primary amides is 1. The lowest BCUT2D eigenvalue weighted by Crippen LogP contribution is -2.26. The first kappa shape index (κ1) is 18.8. The molecule has 3 aromatic rings. The summed E-state index contributed by atoms with van der Waals surface area (Å²) < 4.78 is 12.2. The van der Waals surface area contributed by atoms with Gasteiger partial charge in [0.2, 0.25) is 6.79 Å². The second-order valence-electron chi connectivity index (χ2n) is 6.48. The van der Waals surface area contributed by atoms with E-state index in [0.29, 0.717) is 34.1 Å². The molecule has 148 valence electrons. The molecule has 4 rings (SSSR count). The number of halogens is 1. The molecule has 1 aromatic heterocycles. The van der Waals surface area contributed by atoms with E-state index in [1.165, 1.54) is 9.58 Å². The first-order chi connectivity index (χ1) is 13.9. The maximum Gasteiger partial charge on any atom is 0.270 e. The maximum absolute atomic E-state index is 13.0. The molecule has 9 heteroatoms. The highest BCUT2D eigenvalue weighted by Crippen LogP contribution is 2.35. The average Bonchev–Trinajstić information content (AvgIpc) is 3.31. The molecule has 0 aliphatic carbocycles. The summed E-state index contributed by atoms with van der Waals surface area (Å²) in [5.74, 6) is 0.299. The molecule has 0 unspecified atom stereocenters. The van der Waals surface area contributed by atoms with Gasteiger partial charge in [-0.05, 0) is 37.3 Å². The van der Waals surface area contributed by atoms with Crippen molar-refractivity contribution in [2.75, 3.05) is 18.7 Å². The van der Waals surface area contributed by atoms with E-state index in [4.69, 9.17) is 26.8 Å². The summed E-state index contributed by atoms with van der Waals surface area (Å²) in [6.45, 7) is 1.88. The Morgan fingerprint density at radius 1 is 1.17 bits per heavy atom. The molecule has 0 fully saturated rings. The summed E-state index contributed by atoms with van der Waals surface area (Å²) in [6, 6.07) is 12.2. The molecule has 0 bridgehead atoms. The molecule has 1 aliphatic rings. The predicted octanol–water partition coefficient (Wildman–Crippen LogP) is 2.94. The van der Waals surface area contributed by atoms with E-state index in [-0.39, 0.29) is 23.4 Å². The third kappa shape index (κ3) is 3.27. The van der Waals surface area contributed by atoms with Crippen molar-refractivity contribution < 1.29 is 19.1 Å². The summed E-state index contributed by atoms with van der Waals surface area (Å²) in [4.78, 5) is 26.0.